The first kappa shape index (κ1) is 17.1. The summed E-state index contributed by atoms with van der Waals surface area (Å²) in [5.41, 5.74) is 2.86. The highest BCUT2D eigenvalue weighted by atomic mass is 19.2. The summed E-state index contributed by atoms with van der Waals surface area (Å²) in [5.74, 6) is -0.397. The van der Waals surface area contributed by atoms with E-state index in [0.717, 1.165) is 11.5 Å². The molecular formula is C21H25F2N. The zero-order valence-electron chi connectivity index (χ0n) is 14.3. The van der Waals surface area contributed by atoms with Crippen LogP contribution < -0.4 is 0 Å². The summed E-state index contributed by atoms with van der Waals surface area (Å²) in [7, 11) is 0. The molecule has 0 spiro atoms. The number of hydrogen-bond acceptors (Lipinski definition) is 1. The maximum atomic E-state index is 13.3. The van der Waals surface area contributed by atoms with E-state index in [9.17, 15) is 8.78 Å². The molecule has 128 valence electrons. The monoisotopic (exact) mass is 329 g/mol. The Morgan fingerprint density at radius 3 is 2.33 bits per heavy atom. The van der Waals surface area contributed by atoms with Crippen molar-refractivity contribution in [1.29, 1.82) is 0 Å². The second-order valence-corrected chi connectivity index (χ2v) is 6.98. The average Bonchev–Trinajstić information content (AvgIpc) is 2.63. The van der Waals surface area contributed by atoms with E-state index in [0.29, 0.717) is 11.5 Å². The normalized spacial score (nSPS) is 21.0. The molecule has 0 radical (unpaired) electrons. The van der Waals surface area contributed by atoms with E-state index in [1.54, 1.807) is 0 Å². The van der Waals surface area contributed by atoms with Gasteiger partial charge in [0.2, 0.25) is 5.95 Å². The molecule has 2 aromatic rings. The van der Waals surface area contributed by atoms with E-state index in [-0.39, 0.29) is 0 Å². The molecule has 0 saturated heterocycles. The lowest BCUT2D eigenvalue weighted by Gasteiger charge is -2.29. The minimum Gasteiger partial charge on any atom is -0.225 e. The lowest BCUT2D eigenvalue weighted by Crippen LogP contribution is -2.13. The molecule has 1 nitrogen and oxygen atoms in total. The molecule has 1 aliphatic carbocycles. The van der Waals surface area contributed by atoms with Gasteiger partial charge in [-0.2, -0.15) is 4.39 Å². The number of rotatable bonds is 5. The minimum absolute atomic E-state index is 0.615. The van der Waals surface area contributed by atoms with Gasteiger partial charge in [-0.25, -0.2) is 9.37 Å². The van der Waals surface area contributed by atoms with Crippen LogP contribution in [-0.4, -0.2) is 4.98 Å². The molecule has 24 heavy (non-hydrogen) atoms. The maximum absolute atomic E-state index is 13.3. The van der Waals surface area contributed by atoms with E-state index >= 15 is 0 Å². The molecule has 0 bridgehead atoms. The van der Waals surface area contributed by atoms with Gasteiger partial charge in [-0.3, -0.25) is 0 Å². The van der Waals surface area contributed by atoms with E-state index in [1.807, 2.05) is 12.1 Å². The summed E-state index contributed by atoms with van der Waals surface area (Å²) in [5, 5.41) is 0. The highest BCUT2D eigenvalue weighted by Crippen LogP contribution is 2.38. The number of pyridine rings is 1. The molecule has 1 aromatic heterocycles. The summed E-state index contributed by atoms with van der Waals surface area (Å²) < 4.78 is 26.3. The molecule has 1 aliphatic rings. The van der Waals surface area contributed by atoms with Gasteiger partial charge in [0.15, 0.2) is 5.82 Å². The Morgan fingerprint density at radius 2 is 1.71 bits per heavy atom. The zero-order valence-corrected chi connectivity index (χ0v) is 14.3. The molecule has 0 aliphatic heterocycles. The molecule has 0 atom stereocenters. The van der Waals surface area contributed by atoms with Crippen molar-refractivity contribution in [2.24, 2.45) is 5.92 Å². The van der Waals surface area contributed by atoms with Crippen molar-refractivity contribution >= 4 is 0 Å². The fraction of sp³-hybridized carbons (Fsp3) is 0.476. The van der Waals surface area contributed by atoms with Gasteiger partial charge in [0.1, 0.15) is 0 Å². The first-order valence-corrected chi connectivity index (χ1v) is 9.08. The van der Waals surface area contributed by atoms with E-state index in [2.05, 4.69) is 24.0 Å². The third-order valence-corrected chi connectivity index (χ3v) is 5.32. The number of unbranched alkanes of at least 4 members (excludes halogenated alkanes) is 1. The van der Waals surface area contributed by atoms with Gasteiger partial charge >= 0.3 is 0 Å². The van der Waals surface area contributed by atoms with Gasteiger partial charge in [-0.05, 0) is 54.7 Å². The summed E-state index contributed by atoms with van der Waals surface area (Å²) >= 11 is 0. The number of aromatic nitrogens is 1. The van der Waals surface area contributed by atoms with Crippen LogP contribution in [0.1, 0.15) is 63.4 Å². The van der Waals surface area contributed by atoms with Crippen molar-refractivity contribution < 1.29 is 8.78 Å². The third-order valence-electron chi connectivity index (χ3n) is 5.32. The van der Waals surface area contributed by atoms with Crippen LogP contribution in [0.15, 0.2) is 36.5 Å². The zero-order chi connectivity index (χ0) is 16.9. The Bertz CT molecular complexity index is 658. The summed E-state index contributed by atoms with van der Waals surface area (Å²) in [6, 6.07) is 9.46. The second-order valence-electron chi connectivity index (χ2n) is 6.98. The fourth-order valence-electron chi connectivity index (χ4n) is 3.80. The fourth-order valence-corrected chi connectivity index (χ4v) is 3.80. The first-order valence-electron chi connectivity index (χ1n) is 9.08. The van der Waals surface area contributed by atoms with Gasteiger partial charge in [0.25, 0.3) is 0 Å². The molecule has 1 fully saturated rings. The highest BCUT2D eigenvalue weighted by Gasteiger charge is 2.21. The third kappa shape index (κ3) is 4.00. The van der Waals surface area contributed by atoms with Gasteiger partial charge in [0.05, 0.1) is 0 Å². The Hall–Kier alpha value is -1.77. The van der Waals surface area contributed by atoms with Crippen molar-refractivity contribution in [3.8, 4) is 11.1 Å². The first-order chi connectivity index (χ1) is 11.7. The van der Waals surface area contributed by atoms with E-state index < -0.39 is 11.8 Å². The van der Waals surface area contributed by atoms with Crippen molar-refractivity contribution in [1.82, 2.24) is 4.98 Å². The predicted octanol–water partition coefficient (Wildman–Crippen LogP) is 6.49. The molecule has 0 amide bonds. The summed E-state index contributed by atoms with van der Waals surface area (Å²) in [6.07, 6.45) is 10.6. The van der Waals surface area contributed by atoms with Gasteiger partial charge in [-0.15, -0.1) is 0 Å². The van der Waals surface area contributed by atoms with Crippen molar-refractivity contribution in [3.05, 3.63) is 53.9 Å². The van der Waals surface area contributed by atoms with Crippen LogP contribution in [0.3, 0.4) is 0 Å². The maximum Gasteiger partial charge on any atom is 0.248 e. The second kappa shape index (κ2) is 7.87. The standard InChI is InChI=1S/C21H25F2N/c1-2-3-4-15-5-7-16(8-6-15)17-9-11-18(12-10-17)19-13-20(22)21(23)24-14-19/h9-16H,2-8H2,1H3/t15-,16-. The lowest BCUT2D eigenvalue weighted by atomic mass is 9.77. The average molecular weight is 329 g/mol. The highest BCUT2D eigenvalue weighted by molar-refractivity contribution is 5.62. The van der Waals surface area contributed by atoms with Crippen molar-refractivity contribution in [2.45, 2.75) is 57.8 Å². The summed E-state index contributed by atoms with van der Waals surface area (Å²) in [6.45, 7) is 2.26. The summed E-state index contributed by atoms with van der Waals surface area (Å²) in [4.78, 5) is 3.46. The Labute approximate surface area is 143 Å². The van der Waals surface area contributed by atoms with E-state index in [1.165, 1.54) is 62.8 Å². The Kier molecular flexibility index (Phi) is 5.60. The molecular weight excluding hydrogens is 304 g/mol. The molecule has 0 unspecified atom stereocenters. The van der Waals surface area contributed by atoms with Gasteiger partial charge < -0.3 is 0 Å². The van der Waals surface area contributed by atoms with Gasteiger partial charge in [-0.1, -0.05) is 50.5 Å². The van der Waals surface area contributed by atoms with Crippen LogP contribution in [0.25, 0.3) is 11.1 Å². The van der Waals surface area contributed by atoms with Crippen LogP contribution in [0.5, 0.6) is 0 Å². The van der Waals surface area contributed by atoms with E-state index in [4.69, 9.17) is 0 Å². The van der Waals surface area contributed by atoms with Crippen molar-refractivity contribution in [2.75, 3.05) is 0 Å². The van der Waals surface area contributed by atoms with Crippen LogP contribution in [0.2, 0.25) is 0 Å². The number of hydrogen-bond donors (Lipinski definition) is 0. The predicted molar refractivity (Wildman–Crippen MR) is 93.8 cm³/mol. The molecule has 0 N–H and O–H groups in total. The van der Waals surface area contributed by atoms with Crippen LogP contribution >= 0.6 is 0 Å². The Balaban J connectivity index is 1.64. The number of halogens is 2. The topological polar surface area (TPSA) is 12.9 Å². The quantitative estimate of drug-likeness (QED) is 0.571. The molecule has 3 rings (SSSR count). The van der Waals surface area contributed by atoms with Crippen LogP contribution in [0, 0.1) is 17.7 Å². The van der Waals surface area contributed by atoms with Crippen LogP contribution in [0.4, 0.5) is 8.78 Å². The van der Waals surface area contributed by atoms with Gasteiger partial charge in [0, 0.05) is 11.8 Å². The smallest absolute Gasteiger partial charge is 0.225 e. The Morgan fingerprint density at radius 1 is 1.00 bits per heavy atom. The molecule has 3 heteroatoms. The minimum atomic E-state index is -1.05. The molecule has 1 heterocycles. The number of nitrogens with zero attached hydrogens (tertiary/aromatic N) is 1. The molecule has 1 aromatic carbocycles. The lowest BCUT2D eigenvalue weighted by molar-refractivity contribution is 0.304. The largest absolute Gasteiger partial charge is 0.248 e. The van der Waals surface area contributed by atoms with Crippen LogP contribution in [-0.2, 0) is 0 Å². The number of benzene rings is 1. The SMILES string of the molecule is CCCC[C@H]1CC[C@H](c2ccc(-c3cnc(F)c(F)c3)cc2)CC1. The molecule has 1 saturated carbocycles. The van der Waals surface area contributed by atoms with Crippen molar-refractivity contribution in [3.63, 3.8) is 0 Å².